The smallest absolute Gasteiger partial charge is 0.337 e. The van der Waals surface area contributed by atoms with E-state index in [0.717, 1.165) is 37.7 Å². The lowest BCUT2D eigenvalue weighted by atomic mass is 9.60. The summed E-state index contributed by atoms with van der Waals surface area (Å²) in [7, 11) is 1.60. The average Bonchev–Trinajstić information content (AvgIpc) is 3.22. The molecule has 1 fully saturated rings. The lowest BCUT2D eigenvalue weighted by Crippen LogP contribution is -2.52. The van der Waals surface area contributed by atoms with E-state index in [9.17, 15) is 9.59 Å². The second-order valence-corrected chi connectivity index (χ2v) is 12.4. The molecule has 41 heavy (non-hydrogen) atoms. The minimum absolute atomic E-state index is 0.0778. The average molecular weight is 555 g/mol. The lowest BCUT2D eigenvalue weighted by Gasteiger charge is -2.44. The van der Waals surface area contributed by atoms with Gasteiger partial charge in [0.05, 0.1) is 25.0 Å². The molecule has 214 valence electrons. The number of amides is 1. The Bertz CT molecular complexity index is 1480. The van der Waals surface area contributed by atoms with Crippen LogP contribution in [0.2, 0.25) is 0 Å². The van der Waals surface area contributed by atoms with E-state index < -0.39 is 11.4 Å². The Hall–Kier alpha value is -3.87. The maximum absolute atomic E-state index is 15.4. The molecule has 0 bridgehead atoms. The van der Waals surface area contributed by atoms with Crippen LogP contribution >= 0.6 is 0 Å². The fourth-order valence-corrected chi connectivity index (χ4v) is 7.43. The zero-order chi connectivity index (χ0) is 28.9. The third-order valence-corrected chi connectivity index (χ3v) is 9.03. The summed E-state index contributed by atoms with van der Waals surface area (Å²) < 4.78 is 11.3. The van der Waals surface area contributed by atoms with Crippen molar-refractivity contribution < 1.29 is 23.9 Å². The first-order valence-corrected chi connectivity index (χ1v) is 14.8. The number of hydrogen-bond acceptors (Lipinski definition) is 6. The van der Waals surface area contributed by atoms with Crippen molar-refractivity contribution in [2.24, 2.45) is 5.41 Å². The maximum Gasteiger partial charge on any atom is 0.337 e. The van der Waals surface area contributed by atoms with Gasteiger partial charge in [-0.3, -0.25) is 9.59 Å². The number of carbonyl (C=O) groups excluding carboxylic acids is 3. The number of esters is 1. The van der Waals surface area contributed by atoms with Gasteiger partial charge in [-0.05, 0) is 43.2 Å². The molecule has 2 aliphatic carbocycles. The monoisotopic (exact) mass is 554 g/mol. The fraction of sp³-hybridized carbons (Fsp3) is 0.441. The van der Waals surface area contributed by atoms with Crippen LogP contribution in [0.4, 0.5) is 5.69 Å². The minimum Gasteiger partial charge on any atom is -0.497 e. The van der Waals surface area contributed by atoms with Crippen molar-refractivity contribution in [3.8, 4) is 5.75 Å². The van der Waals surface area contributed by atoms with Crippen LogP contribution in [-0.2, 0) is 24.5 Å². The van der Waals surface area contributed by atoms with E-state index >= 15 is 4.79 Å². The maximum atomic E-state index is 15.4. The molecule has 4 aliphatic rings. The van der Waals surface area contributed by atoms with Crippen LogP contribution in [0, 0.1) is 5.41 Å². The zero-order valence-electron chi connectivity index (χ0n) is 24.3. The first-order chi connectivity index (χ1) is 19.7. The number of fused-ring (bicyclic) bond motifs is 3. The molecule has 1 amide bonds. The zero-order valence-corrected chi connectivity index (χ0v) is 24.3. The largest absolute Gasteiger partial charge is 0.497 e. The standard InChI is InChI=1S/C34H38N2O5/c1-5-41-31(38)29-30(21-12-8-6-9-13-21)36(22-14-10-7-11-15-22)32(39)34(29)24-17-16-23(40-4)18-25(24)35-26-19-33(2,3)20-27(37)28(26)34/h6,8-9,12-13,16-18,22,35H,5,7,10-11,14-15,19-20H2,1-4H3. The molecule has 1 spiro atoms. The summed E-state index contributed by atoms with van der Waals surface area (Å²) >= 11 is 0. The molecule has 1 N–H and O–H groups in total. The summed E-state index contributed by atoms with van der Waals surface area (Å²) in [5.74, 6) is -0.291. The summed E-state index contributed by atoms with van der Waals surface area (Å²) in [6.45, 7) is 6.04. The Morgan fingerprint density at radius 1 is 1.02 bits per heavy atom. The van der Waals surface area contributed by atoms with Gasteiger partial charge < -0.3 is 19.7 Å². The molecule has 0 saturated heterocycles. The predicted octanol–water partition coefficient (Wildman–Crippen LogP) is 6.15. The Labute approximate surface area is 241 Å². The highest BCUT2D eigenvalue weighted by molar-refractivity contribution is 6.24. The number of benzene rings is 2. The van der Waals surface area contributed by atoms with Crippen molar-refractivity contribution in [2.75, 3.05) is 19.0 Å². The molecule has 1 atom stereocenters. The summed E-state index contributed by atoms with van der Waals surface area (Å²) in [6.07, 6.45) is 5.68. The topological polar surface area (TPSA) is 84.9 Å². The van der Waals surface area contributed by atoms with Gasteiger partial charge in [0.15, 0.2) is 5.78 Å². The highest BCUT2D eigenvalue weighted by Crippen LogP contribution is 2.59. The second kappa shape index (κ2) is 10.2. The molecule has 6 rings (SSSR count). The number of anilines is 1. The number of methoxy groups -OCH3 is 1. The lowest BCUT2D eigenvalue weighted by molar-refractivity contribution is -0.141. The van der Waals surface area contributed by atoms with Gasteiger partial charge in [-0.15, -0.1) is 0 Å². The van der Waals surface area contributed by atoms with Gasteiger partial charge in [0.1, 0.15) is 11.2 Å². The quantitative estimate of drug-likeness (QED) is 0.446. The van der Waals surface area contributed by atoms with E-state index in [1.807, 2.05) is 47.4 Å². The molecule has 1 unspecified atom stereocenters. The Kier molecular flexibility index (Phi) is 6.79. The van der Waals surface area contributed by atoms with E-state index in [-0.39, 0.29) is 41.7 Å². The van der Waals surface area contributed by atoms with Gasteiger partial charge in [0.2, 0.25) is 5.91 Å². The molecule has 0 aromatic heterocycles. The predicted molar refractivity (Wildman–Crippen MR) is 157 cm³/mol. The number of rotatable bonds is 5. The number of allylic oxidation sites excluding steroid dienone is 1. The normalized spacial score (nSPS) is 23.9. The second-order valence-electron chi connectivity index (χ2n) is 12.4. The highest BCUT2D eigenvalue weighted by atomic mass is 16.5. The molecule has 7 heteroatoms. The van der Waals surface area contributed by atoms with Crippen LogP contribution in [0.1, 0.15) is 76.8 Å². The van der Waals surface area contributed by atoms with Crippen LogP contribution in [0.15, 0.2) is 65.4 Å². The number of carbonyl (C=O) groups is 3. The van der Waals surface area contributed by atoms with E-state index in [1.54, 1.807) is 20.1 Å². The van der Waals surface area contributed by atoms with E-state index in [2.05, 4.69) is 19.2 Å². The number of hydrogen-bond donors (Lipinski definition) is 1. The van der Waals surface area contributed by atoms with Crippen molar-refractivity contribution in [2.45, 2.75) is 77.2 Å². The molecule has 2 aromatic rings. The van der Waals surface area contributed by atoms with Crippen LogP contribution in [0.25, 0.3) is 5.70 Å². The van der Waals surface area contributed by atoms with E-state index in [0.29, 0.717) is 40.4 Å². The van der Waals surface area contributed by atoms with Crippen LogP contribution in [0.5, 0.6) is 5.75 Å². The Morgan fingerprint density at radius 3 is 2.44 bits per heavy atom. The number of Topliss-reactive ketones (excluding diaryl/α,β-unsaturated/α-hetero) is 1. The molecule has 0 radical (unpaired) electrons. The number of nitrogens with one attached hydrogen (secondary N) is 1. The molecular weight excluding hydrogens is 516 g/mol. The molecule has 7 nitrogen and oxygen atoms in total. The van der Waals surface area contributed by atoms with Crippen molar-refractivity contribution in [1.29, 1.82) is 0 Å². The molecule has 2 heterocycles. The number of ether oxygens (including phenoxy) is 2. The Balaban J connectivity index is 1.74. The summed E-state index contributed by atoms with van der Waals surface area (Å²) in [6, 6.07) is 15.0. The van der Waals surface area contributed by atoms with E-state index in [1.165, 1.54) is 0 Å². The SMILES string of the molecule is CCOC(=O)C1=C(c2ccccc2)N(C2CCCCC2)C(=O)C12C1=C(CC(C)(C)CC1=O)Nc1cc(OC)ccc12. The third kappa shape index (κ3) is 4.20. The van der Waals surface area contributed by atoms with Gasteiger partial charge in [0, 0.05) is 41.1 Å². The molecule has 2 aliphatic heterocycles. The summed E-state index contributed by atoms with van der Waals surface area (Å²) in [5, 5.41) is 3.51. The van der Waals surface area contributed by atoms with Gasteiger partial charge >= 0.3 is 5.97 Å². The van der Waals surface area contributed by atoms with Crippen LogP contribution in [0.3, 0.4) is 0 Å². The van der Waals surface area contributed by atoms with Gasteiger partial charge in [-0.2, -0.15) is 0 Å². The molecular formula is C34H38N2O5. The van der Waals surface area contributed by atoms with Crippen molar-refractivity contribution in [3.05, 3.63) is 76.5 Å². The van der Waals surface area contributed by atoms with Gasteiger partial charge in [-0.25, -0.2) is 4.79 Å². The first kappa shape index (κ1) is 27.3. The fourth-order valence-electron chi connectivity index (χ4n) is 7.43. The molecule has 2 aromatic carbocycles. The minimum atomic E-state index is -1.62. The number of ketones is 1. The van der Waals surface area contributed by atoms with Crippen molar-refractivity contribution in [1.82, 2.24) is 4.90 Å². The van der Waals surface area contributed by atoms with Crippen LogP contribution < -0.4 is 10.1 Å². The highest BCUT2D eigenvalue weighted by Gasteiger charge is 2.65. The Morgan fingerprint density at radius 2 is 1.76 bits per heavy atom. The molecule has 1 saturated carbocycles. The number of nitrogens with zero attached hydrogens (tertiary/aromatic N) is 1. The van der Waals surface area contributed by atoms with Crippen molar-refractivity contribution in [3.63, 3.8) is 0 Å². The van der Waals surface area contributed by atoms with Gasteiger partial charge in [0.25, 0.3) is 0 Å². The van der Waals surface area contributed by atoms with Crippen LogP contribution in [-0.4, -0.2) is 42.3 Å². The van der Waals surface area contributed by atoms with E-state index in [4.69, 9.17) is 9.47 Å². The third-order valence-electron chi connectivity index (χ3n) is 9.03. The van der Waals surface area contributed by atoms with Crippen molar-refractivity contribution >= 4 is 29.0 Å². The summed E-state index contributed by atoms with van der Waals surface area (Å²) in [5.41, 5.74) is 1.99. The summed E-state index contributed by atoms with van der Waals surface area (Å²) in [4.78, 5) is 45.8. The van der Waals surface area contributed by atoms with Gasteiger partial charge in [-0.1, -0.05) is 69.5 Å². The first-order valence-electron chi connectivity index (χ1n) is 14.8.